The molecular formula is C18H30CoO3S. The molecule has 0 saturated carbocycles. The Morgan fingerprint density at radius 3 is 1.83 bits per heavy atom. The summed E-state index contributed by atoms with van der Waals surface area (Å²) in [5.74, 6) is 0. The van der Waals surface area contributed by atoms with Gasteiger partial charge in [-0.15, -0.1) is 0 Å². The maximum absolute atomic E-state index is 11.3. The molecule has 0 aromatic heterocycles. The minimum atomic E-state index is -4.10. The van der Waals surface area contributed by atoms with Crippen LogP contribution in [0.25, 0.3) is 0 Å². The molecule has 1 aromatic rings. The van der Waals surface area contributed by atoms with Gasteiger partial charge in [-0.25, -0.2) is 0 Å². The molecule has 0 unspecified atom stereocenters. The first-order chi connectivity index (χ1) is 10.6. The summed E-state index contributed by atoms with van der Waals surface area (Å²) in [7, 11) is -4.10. The topological polar surface area (TPSA) is 54.4 Å². The number of rotatable bonds is 12. The van der Waals surface area contributed by atoms with Crippen LogP contribution in [0.2, 0.25) is 0 Å². The van der Waals surface area contributed by atoms with Crippen molar-refractivity contribution in [3.8, 4) is 0 Å². The molecule has 135 valence electrons. The Kier molecular flexibility index (Phi) is 12.8. The SMILES string of the molecule is CCCCCCCCCCCCc1ccccc1S(=O)(=O)O.[Co]. The molecule has 0 fully saturated rings. The maximum Gasteiger partial charge on any atom is 0.294 e. The van der Waals surface area contributed by atoms with Crippen LogP contribution in [0.1, 0.15) is 76.7 Å². The Morgan fingerprint density at radius 2 is 1.30 bits per heavy atom. The molecule has 0 spiro atoms. The minimum Gasteiger partial charge on any atom is -0.282 e. The first-order valence-corrected chi connectivity index (χ1v) is 10.0. The smallest absolute Gasteiger partial charge is 0.282 e. The molecule has 1 N–H and O–H groups in total. The molecule has 0 saturated heterocycles. The fraction of sp³-hybridized carbons (Fsp3) is 0.667. The van der Waals surface area contributed by atoms with Crippen molar-refractivity contribution in [1.29, 1.82) is 0 Å². The van der Waals surface area contributed by atoms with E-state index in [0.717, 1.165) is 18.4 Å². The zero-order valence-corrected chi connectivity index (χ0v) is 16.0. The third-order valence-electron chi connectivity index (χ3n) is 4.05. The molecular weight excluding hydrogens is 355 g/mol. The normalized spacial score (nSPS) is 11.2. The summed E-state index contributed by atoms with van der Waals surface area (Å²) in [6.07, 6.45) is 13.3. The first kappa shape index (κ1) is 22.6. The molecule has 0 amide bonds. The van der Waals surface area contributed by atoms with Crippen molar-refractivity contribution in [3.63, 3.8) is 0 Å². The van der Waals surface area contributed by atoms with Gasteiger partial charge < -0.3 is 0 Å². The average Bonchev–Trinajstić information content (AvgIpc) is 2.48. The maximum atomic E-state index is 11.3. The second-order valence-corrected chi connectivity index (χ2v) is 7.40. The summed E-state index contributed by atoms with van der Waals surface area (Å²) in [6.45, 7) is 2.24. The predicted octanol–water partition coefficient (Wildman–Crippen LogP) is 5.39. The predicted molar refractivity (Wildman–Crippen MR) is 91.8 cm³/mol. The van der Waals surface area contributed by atoms with Gasteiger partial charge >= 0.3 is 0 Å². The molecule has 0 bridgehead atoms. The second kappa shape index (κ2) is 13.0. The average molecular weight is 385 g/mol. The molecule has 0 heterocycles. The molecule has 1 radical (unpaired) electrons. The molecule has 1 rings (SSSR count). The second-order valence-electron chi connectivity index (χ2n) is 6.01. The van der Waals surface area contributed by atoms with Crippen molar-refractivity contribution in [2.45, 2.75) is 82.4 Å². The molecule has 0 aliphatic rings. The Labute approximate surface area is 152 Å². The van der Waals surface area contributed by atoms with Gasteiger partial charge in [-0.3, -0.25) is 4.55 Å². The van der Waals surface area contributed by atoms with Gasteiger partial charge in [-0.1, -0.05) is 82.9 Å². The number of aryl methyl sites for hydroxylation is 1. The van der Waals surface area contributed by atoms with E-state index in [4.69, 9.17) is 0 Å². The molecule has 1 aromatic carbocycles. The molecule has 0 aliphatic heterocycles. The minimum absolute atomic E-state index is 0. The summed E-state index contributed by atoms with van der Waals surface area (Å²) in [5, 5.41) is 0. The van der Waals surface area contributed by atoms with E-state index in [-0.39, 0.29) is 21.7 Å². The zero-order chi connectivity index (χ0) is 16.3. The Balaban J connectivity index is 0.00000484. The van der Waals surface area contributed by atoms with Gasteiger partial charge in [-0.05, 0) is 24.5 Å². The van der Waals surface area contributed by atoms with Crippen LogP contribution in [0.15, 0.2) is 29.2 Å². The van der Waals surface area contributed by atoms with Crippen LogP contribution >= 0.6 is 0 Å². The van der Waals surface area contributed by atoms with Crippen LogP contribution in [-0.2, 0) is 33.3 Å². The third kappa shape index (κ3) is 10.2. The van der Waals surface area contributed by atoms with Gasteiger partial charge in [0.25, 0.3) is 10.1 Å². The van der Waals surface area contributed by atoms with E-state index >= 15 is 0 Å². The van der Waals surface area contributed by atoms with Crippen molar-refractivity contribution in [2.24, 2.45) is 0 Å². The van der Waals surface area contributed by atoms with E-state index in [1.54, 1.807) is 12.1 Å². The zero-order valence-electron chi connectivity index (χ0n) is 14.1. The van der Waals surface area contributed by atoms with Gasteiger partial charge in [0.05, 0.1) is 4.90 Å². The quantitative estimate of drug-likeness (QED) is 0.387. The molecule has 0 atom stereocenters. The van der Waals surface area contributed by atoms with Crippen molar-refractivity contribution >= 4 is 10.1 Å². The van der Waals surface area contributed by atoms with E-state index in [1.807, 2.05) is 6.07 Å². The van der Waals surface area contributed by atoms with Gasteiger partial charge in [0, 0.05) is 16.8 Å². The van der Waals surface area contributed by atoms with Crippen LogP contribution < -0.4 is 0 Å². The van der Waals surface area contributed by atoms with E-state index in [0.29, 0.717) is 6.42 Å². The van der Waals surface area contributed by atoms with Crippen molar-refractivity contribution in [2.75, 3.05) is 0 Å². The summed E-state index contributed by atoms with van der Waals surface area (Å²) in [6, 6.07) is 6.73. The van der Waals surface area contributed by atoms with E-state index in [2.05, 4.69) is 6.92 Å². The number of hydrogen-bond acceptors (Lipinski definition) is 2. The fourth-order valence-electron chi connectivity index (χ4n) is 2.76. The molecule has 23 heavy (non-hydrogen) atoms. The summed E-state index contributed by atoms with van der Waals surface area (Å²) < 4.78 is 31.8. The Bertz CT molecular complexity index is 515. The van der Waals surface area contributed by atoms with Crippen LogP contribution in [0.5, 0.6) is 0 Å². The van der Waals surface area contributed by atoms with Crippen molar-refractivity contribution in [3.05, 3.63) is 29.8 Å². The number of unbranched alkanes of at least 4 members (excludes halogenated alkanes) is 9. The number of hydrogen-bond donors (Lipinski definition) is 1. The van der Waals surface area contributed by atoms with E-state index < -0.39 is 10.1 Å². The van der Waals surface area contributed by atoms with Crippen LogP contribution in [0.3, 0.4) is 0 Å². The first-order valence-electron chi connectivity index (χ1n) is 8.61. The van der Waals surface area contributed by atoms with Crippen LogP contribution in [-0.4, -0.2) is 13.0 Å². The Hall–Kier alpha value is -0.364. The molecule has 5 heteroatoms. The fourth-order valence-corrected chi connectivity index (χ4v) is 3.52. The van der Waals surface area contributed by atoms with Gasteiger partial charge in [-0.2, -0.15) is 8.42 Å². The van der Waals surface area contributed by atoms with Crippen LogP contribution in [0, 0.1) is 0 Å². The summed E-state index contributed by atoms with van der Waals surface area (Å²) >= 11 is 0. The van der Waals surface area contributed by atoms with E-state index in [1.165, 1.54) is 57.4 Å². The molecule has 0 aliphatic carbocycles. The van der Waals surface area contributed by atoms with Crippen LogP contribution in [0.4, 0.5) is 0 Å². The van der Waals surface area contributed by atoms with Gasteiger partial charge in [0.1, 0.15) is 0 Å². The van der Waals surface area contributed by atoms with Crippen molar-refractivity contribution in [1.82, 2.24) is 0 Å². The van der Waals surface area contributed by atoms with Gasteiger partial charge in [0.15, 0.2) is 0 Å². The summed E-state index contributed by atoms with van der Waals surface area (Å²) in [4.78, 5) is 0.0610. The number of benzene rings is 1. The largest absolute Gasteiger partial charge is 0.294 e. The van der Waals surface area contributed by atoms with Gasteiger partial charge in [0.2, 0.25) is 0 Å². The third-order valence-corrected chi connectivity index (χ3v) is 5.00. The van der Waals surface area contributed by atoms with Crippen molar-refractivity contribution < 1.29 is 29.7 Å². The Morgan fingerprint density at radius 1 is 0.826 bits per heavy atom. The molecule has 3 nitrogen and oxygen atoms in total. The summed E-state index contributed by atoms with van der Waals surface area (Å²) in [5.41, 5.74) is 0.726. The van der Waals surface area contributed by atoms with E-state index in [9.17, 15) is 13.0 Å². The monoisotopic (exact) mass is 385 g/mol. The standard InChI is InChI=1S/C18H30O3S.Co/c1-2-3-4-5-6-7-8-9-10-11-14-17-15-12-13-16-18(17)22(19,20)21;/h12-13,15-16H,2-11,14H2,1H3,(H,19,20,21);.